The number of nitrogens with one attached hydrogen (secondary N) is 1. The molecule has 0 unspecified atom stereocenters. The first-order valence-electron chi connectivity index (χ1n) is 5.68. The van der Waals surface area contributed by atoms with Crippen molar-refractivity contribution in [3.05, 3.63) is 47.5 Å². The van der Waals surface area contributed by atoms with E-state index in [1.807, 2.05) is 13.0 Å². The van der Waals surface area contributed by atoms with Crippen molar-refractivity contribution < 1.29 is 9.90 Å². The van der Waals surface area contributed by atoms with E-state index in [9.17, 15) is 4.79 Å². The Balaban J connectivity index is 2.44. The number of nitrogens with zero attached hydrogens (tertiary/aromatic N) is 3. The highest BCUT2D eigenvalue weighted by Gasteiger charge is 2.09. The smallest absolute Gasteiger partial charge is 0.409 e. The van der Waals surface area contributed by atoms with Gasteiger partial charge in [-0.2, -0.15) is 5.10 Å². The van der Waals surface area contributed by atoms with E-state index in [4.69, 9.17) is 5.11 Å². The van der Waals surface area contributed by atoms with Crippen LogP contribution in [-0.4, -0.2) is 26.0 Å². The van der Waals surface area contributed by atoms with Gasteiger partial charge in [0.15, 0.2) is 0 Å². The lowest BCUT2D eigenvalue weighted by molar-refractivity contribution is 0.199. The van der Waals surface area contributed by atoms with Crippen LogP contribution in [0.5, 0.6) is 0 Å². The monoisotopic (exact) mass is 258 g/mol. The van der Waals surface area contributed by atoms with Crippen molar-refractivity contribution in [2.75, 3.05) is 0 Å². The summed E-state index contributed by atoms with van der Waals surface area (Å²) in [5, 5.41) is 15.3. The number of rotatable bonds is 3. The van der Waals surface area contributed by atoms with Gasteiger partial charge < -0.3 is 5.11 Å². The second-order valence-corrected chi connectivity index (χ2v) is 4.10. The molecule has 2 N–H and O–H groups in total. The van der Waals surface area contributed by atoms with Crippen LogP contribution in [0.15, 0.2) is 30.7 Å². The van der Waals surface area contributed by atoms with Gasteiger partial charge in [0, 0.05) is 25.0 Å². The first kappa shape index (κ1) is 12.8. The van der Waals surface area contributed by atoms with E-state index in [1.54, 1.807) is 42.5 Å². The predicted octanol–water partition coefficient (Wildman–Crippen LogP) is 1.89. The van der Waals surface area contributed by atoms with E-state index in [2.05, 4.69) is 15.4 Å². The Morgan fingerprint density at radius 1 is 1.53 bits per heavy atom. The van der Waals surface area contributed by atoms with Gasteiger partial charge in [-0.3, -0.25) is 15.0 Å². The molecule has 0 aliphatic heterocycles. The summed E-state index contributed by atoms with van der Waals surface area (Å²) < 4.78 is 1.65. The zero-order valence-electron chi connectivity index (χ0n) is 10.7. The van der Waals surface area contributed by atoms with Crippen molar-refractivity contribution in [3.63, 3.8) is 0 Å². The van der Waals surface area contributed by atoms with Crippen LogP contribution in [0.3, 0.4) is 0 Å². The highest BCUT2D eigenvalue weighted by atomic mass is 16.4. The highest BCUT2D eigenvalue weighted by molar-refractivity contribution is 5.88. The van der Waals surface area contributed by atoms with E-state index < -0.39 is 6.09 Å². The van der Waals surface area contributed by atoms with Gasteiger partial charge in [0.25, 0.3) is 0 Å². The summed E-state index contributed by atoms with van der Waals surface area (Å²) in [6.45, 7) is 1.88. The van der Waals surface area contributed by atoms with Gasteiger partial charge in [0.05, 0.1) is 17.6 Å². The number of carboxylic acid groups (broad SMARTS) is 1. The van der Waals surface area contributed by atoms with E-state index >= 15 is 0 Å². The number of pyridine rings is 1. The SMILES string of the molecule is Cc1cccnc1C(=Cc1cnn(C)c1)NC(=O)O. The van der Waals surface area contributed by atoms with E-state index in [-0.39, 0.29) is 0 Å². The van der Waals surface area contributed by atoms with Crippen LogP contribution in [0.4, 0.5) is 4.79 Å². The molecule has 0 aliphatic carbocycles. The molecule has 19 heavy (non-hydrogen) atoms. The molecule has 2 rings (SSSR count). The van der Waals surface area contributed by atoms with Gasteiger partial charge in [0.1, 0.15) is 0 Å². The molecule has 98 valence electrons. The van der Waals surface area contributed by atoms with E-state index in [1.165, 1.54) is 0 Å². The minimum absolute atomic E-state index is 0.429. The molecule has 0 saturated carbocycles. The van der Waals surface area contributed by atoms with Gasteiger partial charge in [-0.1, -0.05) is 6.07 Å². The normalized spacial score (nSPS) is 11.4. The van der Waals surface area contributed by atoms with Crippen molar-refractivity contribution >= 4 is 17.9 Å². The number of hydrogen-bond acceptors (Lipinski definition) is 3. The lowest BCUT2D eigenvalue weighted by atomic mass is 10.1. The molecule has 0 radical (unpaired) electrons. The van der Waals surface area contributed by atoms with Crippen molar-refractivity contribution in [1.82, 2.24) is 20.1 Å². The third kappa shape index (κ3) is 3.19. The largest absolute Gasteiger partial charge is 0.465 e. The van der Waals surface area contributed by atoms with Crippen LogP contribution in [-0.2, 0) is 7.05 Å². The number of aromatic nitrogens is 3. The van der Waals surface area contributed by atoms with E-state index in [0.29, 0.717) is 11.4 Å². The fourth-order valence-electron chi connectivity index (χ4n) is 1.73. The molecule has 0 bridgehead atoms. The Kier molecular flexibility index (Phi) is 3.61. The van der Waals surface area contributed by atoms with Crippen LogP contribution < -0.4 is 5.32 Å². The molecular formula is C13H14N4O2. The third-order valence-corrected chi connectivity index (χ3v) is 2.54. The predicted molar refractivity (Wildman–Crippen MR) is 71.2 cm³/mol. The maximum Gasteiger partial charge on any atom is 0.409 e. The fraction of sp³-hybridized carbons (Fsp3) is 0.154. The summed E-state index contributed by atoms with van der Waals surface area (Å²) >= 11 is 0. The van der Waals surface area contributed by atoms with Crippen molar-refractivity contribution in [2.45, 2.75) is 6.92 Å². The van der Waals surface area contributed by atoms with Gasteiger partial charge in [-0.15, -0.1) is 0 Å². The number of amides is 1. The molecule has 0 aromatic carbocycles. The van der Waals surface area contributed by atoms with Crippen LogP contribution in [0, 0.1) is 6.92 Å². The summed E-state index contributed by atoms with van der Waals surface area (Å²) in [4.78, 5) is 15.1. The zero-order chi connectivity index (χ0) is 13.8. The lowest BCUT2D eigenvalue weighted by Crippen LogP contribution is -2.20. The van der Waals surface area contributed by atoms with Crippen molar-refractivity contribution in [1.29, 1.82) is 0 Å². The first-order chi connectivity index (χ1) is 9.06. The summed E-state index contributed by atoms with van der Waals surface area (Å²) in [7, 11) is 1.80. The molecule has 2 aromatic rings. The summed E-state index contributed by atoms with van der Waals surface area (Å²) in [5.41, 5.74) is 2.73. The van der Waals surface area contributed by atoms with Gasteiger partial charge in [-0.25, -0.2) is 4.79 Å². The van der Waals surface area contributed by atoms with Crippen molar-refractivity contribution in [3.8, 4) is 0 Å². The van der Waals surface area contributed by atoms with Crippen LogP contribution >= 0.6 is 0 Å². The van der Waals surface area contributed by atoms with Gasteiger partial charge in [0.2, 0.25) is 0 Å². The topological polar surface area (TPSA) is 80.0 Å². The molecule has 6 nitrogen and oxygen atoms in total. The third-order valence-electron chi connectivity index (χ3n) is 2.54. The maximum atomic E-state index is 10.9. The molecule has 0 saturated heterocycles. The molecule has 0 aliphatic rings. The zero-order valence-corrected chi connectivity index (χ0v) is 10.7. The first-order valence-corrected chi connectivity index (χ1v) is 5.68. The Bertz CT molecular complexity index is 631. The molecule has 2 heterocycles. The summed E-state index contributed by atoms with van der Waals surface area (Å²) in [6, 6.07) is 3.68. The summed E-state index contributed by atoms with van der Waals surface area (Å²) in [5.74, 6) is 0. The second-order valence-electron chi connectivity index (χ2n) is 4.10. The number of carbonyl (C=O) groups is 1. The standard InChI is InChI=1S/C13H14N4O2/c1-9-4-3-5-14-12(9)11(16-13(18)19)6-10-7-15-17(2)8-10/h3-8,16H,1-2H3,(H,18,19). The van der Waals surface area contributed by atoms with Gasteiger partial charge >= 0.3 is 6.09 Å². The fourth-order valence-corrected chi connectivity index (χ4v) is 1.73. The Labute approximate surface area is 110 Å². The van der Waals surface area contributed by atoms with Crippen LogP contribution in [0.1, 0.15) is 16.8 Å². The molecule has 0 atom stereocenters. The highest BCUT2D eigenvalue weighted by Crippen LogP contribution is 2.16. The molecule has 0 spiro atoms. The van der Waals surface area contributed by atoms with E-state index in [0.717, 1.165) is 11.1 Å². The van der Waals surface area contributed by atoms with Crippen LogP contribution in [0.2, 0.25) is 0 Å². The number of hydrogen-bond donors (Lipinski definition) is 2. The Morgan fingerprint density at radius 3 is 2.89 bits per heavy atom. The minimum atomic E-state index is -1.12. The summed E-state index contributed by atoms with van der Waals surface area (Å²) in [6.07, 6.45) is 5.66. The molecular weight excluding hydrogens is 244 g/mol. The maximum absolute atomic E-state index is 10.9. The lowest BCUT2D eigenvalue weighted by Gasteiger charge is -2.08. The molecule has 0 fully saturated rings. The molecule has 2 aromatic heterocycles. The minimum Gasteiger partial charge on any atom is -0.465 e. The Morgan fingerprint density at radius 2 is 2.32 bits per heavy atom. The van der Waals surface area contributed by atoms with Crippen LogP contribution in [0.25, 0.3) is 11.8 Å². The molecule has 6 heteroatoms. The average Bonchev–Trinajstić information content (AvgIpc) is 2.74. The quantitative estimate of drug-likeness (QED) is 0.881. The van der Waals surface area contributed by atoms with Crippen molar-refractivity contribution in [2.24, 2.45) is 7.05 Å². The second kappa shape index (κ2) is 5.34. The number of aryl methyl sites for hydroxylation is 2. The Hall–Kier alpha value is -2.63. The average molecular weight is 258 g/mol. The molecule has 1 amide bonds. The van der Waals surface area contributed by atoms with Gasteiger partial charge in [-0.05, 0) is 24.6 Å².